The van der Waals surface area contributed by atoms with Gasteiger partial charge < -0.3 is 9.73 Å². The van der Waals surface area contributed by atoms with E-state index in [1.165, 1.54) is 0 Å². The first-order chi connectivity index (χ1) is 6.29. The molecule has 1 aromatic heterocycles. The molecule has 0 radical (unpaired) electrons. The van der Waals surface area contributed by atoms with E-state index in [1.54, 1.807) is 6.26 Å². The molecule has 3 heteroatoms. The summed E-state index contributed by atoms with van der Waals surface area (Å²) < 4.78 is 6.39. The van der Waals surface area contributed by atoms with E-state index in [4.69, 9.17) is 4.42 Å². The van der Waals surface area contributed by atoms with Gasteiger partial charge in [0, 0.05) is 0 Å². The van der Waals surface area contributed by atoms with E-state index in [0.717, 1.165) is 23.2 Å². The van der Waals surface area contributed by atoms with Gasteiger partial charge in [0.25, 0.3) is 0 Å². The second-order valence-electron chi connectivity index (χ2n) is 2.77. The highest BCUT2D eigenvalue weighted by atomic mass is 79.9. The zero-order valence-corrected chi connectivity index (χ0v) is 9.30. The van der Waals surface area contributed by atoms with Crippen molar-refractivity contribution in [3.05, 3.63) is 35.2 Å². The summed E-state index contributed by atoms with van der Waals surface area (Å²) in [6.07, 6.45) is 4.45. The molecule has 1 N–H and O–H groups in total. The van der Waals surface area contributed by atoms with E-state index < -0.39 is 0 Å². The third-order valence-corrected chi connectivity index (χ3v) is 2.47. The van der Waals surface area contributed by atoms with Crippen LogP contribution in [0.2, 0.25) is 0 Å². The lowest BCUT2D eigenvalue weighted by Gasteiger charge is -2.13. The summed E-state index contributed by atoms with van der Waals surface area (Å²) in [5.74, 6) is 0.946. The highest BCUT2D eigenvalue weighted by Gasteiger charge is 2.14. The Morgan fingerprint density at radius 1 is 1.77 bits per heavy atom. The molecule has 0 saturated heterocycles. The van der Waals surface area contributed by atoms with E-state index in [-0.39, 0.29) is 6.04 Å². The number of hydrogen-bond donors (Lipinski definition) is 1. The Labute approximate surface area is 87.1 Å². The largest absolute Gasteiger partial charge is 0.466 e. The highest BCUT2D eigenvalue weighted by Crippen LogP contribution is 2.26. The molecule has 1 rings (SSSR count). The van der Waals surface area contributed by atoms with Crippen molar-refractivity contribution >= 4 is 15.9 Å². The summed E-state index contributed by atoms with van der Waals surface area (Å²) in [6, 6.07) is 2.13. The summed E-state index contributed by atoms with van der Waals surface area (Å²) in [5.41, 5.74) is 0. The first-order valence-electron chi connectivity index (χ1n) is 4.36. The smallest absolute Gasteiger partial charge is 0.135 e. The maximum atomic E-state index is 5.37. The van der Waals surface area contributed by atoms with Crippen LogP contribution in [0.1, 0.15) is 25.1 Å². The average molecular weight is 244 g/mol. The van der Waals surface area contributed by atoms with Gasteiger partial charge >= 0.3 is 0 Å². The van der Waals surface area contributed by atoms with Gasteiger partial charge in [-0.15, -0.1) is 6.58 Å². The van der Waals surface area contributed by atoms with Crippen molar-refractivity contribution in [2.45, 2.75) is 19.4 Å². The van der Waals surface area contributed by atoms with Crippen LogP contribution in [0.5, 0.6) is 0 Å². The number of halogens is 1. The molecule has 0 aliphatic rings. The molecule has 0 fully saturated rings. The van der Waals surface area contributed by atoms with Gasteiger partial charge in [-0.25, -0.2) is 0 Å². The lowest BCUT2D eigenvalue weighted by Crippen LogP contribution is -2.20. The van der Waals surface area contributed by atoms with Crippen molar-refractivity contribution in [2.75, 3.05) is 6.54 Å². The Morgan fingerprint density at radius 3 is 3.00 bits per heavy atom. The van der Waals surface area contributed by atoms with Crippen LogP contribution in [-0.2, 0) is 0 Å². The molecule has 0 saturated carbocycles. The Hall–Kier alpha value is -0.540. The number of nitrogens with one attached hydrogen (secondary N) is 1. The Morgan fingerprint density at radius 2 is 2.54 bits per heavy atom. The third-order valence-electron chi connectivity index (χ3n) is 1.81. The van der Waals surface area contributed by atoms with Crippen LogP contribution in [0.4, 0.5) is 0 Å². The Bertz CT molecular complexity index is 270. The highest BCUT2D eigenvalue weighted by molar-refractivity contribution is 9.10. The molecule has 0 aliphatic heterocycles. The predicted molar refractivity (Wildman–Crippen MR) is 57.6 cm³/mol. The summed E-state index contributed by atoms with van der Waals surface area (Å²) >= 11 is 3.44. The van der Waals surface area contributed by atoms with Crippen LogP contribution in [-0.4, -0.2) is 6.54 Å². The molecule has 1 atom stereocenters. The second kappa shape index (κ2) is 5.25. The zero-order chi connectivity index (χ0) is 9.68. The van der Waals surface area contributed by atoms with Gasteiger partial charge in [0.15, 0.2) is 0 Å². The molecule has 1 unspecified atom stereocenters. The van der Waals surface area contributed by atoms with Crippen molar-refractivity contribution in [1.82, 2.24) is 5.32 Å². The van der Waals surface area contributed by atoms with Crippen molar-refractivity contribution in [2.24, 2.45) is 0 Å². The van der Waals surface area contributed by atoms with Crippen LogP contribution in [0.25, 0.3) is 0 Å². The van der Waals surface area contributed by atoms with Crippen LogP contribution in [0, 0.1) is 0 Å². The quantitative estimate of drug-likeness (QED) is 0.804. The van der Waals surface area contributed by atoms with Gasteiger partial charge in [0.05, 0.1) is 16.8 Å². The minimum absolute atomic E-state index is 0.229. The minimum Gasteiger partial charge on any atom is -0.466 e. The number of furan rings is 1. The Balaban J connectivity index is 2.74. The fraction of sp³-hybridized carbons (Fsp3) is 0.400. The standard InChI is InChI=1S/C10H14BrNO/c1-3-5-9(12-4-2)10-8(11)6-7-13-10/h3,6-7,9,12H,1,4-5H2,2H3. The van der Waals surface area contributed by atoms with Crippen molar-refractivity contribution in [3.8, 4) is 0 Å². The maximum Gasteiger partial charge on any atom is 0.135 e. The fourth-order valence-electron chi connectivity index (χ4n) is 1.25. The van der Waals surface area contributed by atoms with E-state index >= 15 is 0 Å². The second-order valence-corrected chi connectivity index (χ2v) is 3.62. The van der Waals surface area contributed by atoms with Crippen LogP contribution in [0.3, 0.4) is 0 Å². The van der Waals surface area contributed by atoms with Gasteiger partial charge in [0.1, 0.15) is 5.76 Å². The molecule has 0 aliphatic carbocycles. The van der Waals surface area contributed by atoms with Gasteiger partial charge in [0.2, 0.25) is 0 Å². The normalized spacial score (nSPS) is 12.8. The van der Waals surface area contributed by atoms with Crippen molar-refractivity contribution in [3.63, 3.8) is 0 Å². The van der Waals surface area contributed by atoms with Crippen LogP contribution in [0.15, 0.2) is 33.9 Å². The molecular weight excluding hydrogens is 230 g/mol. The molecule has 0 spiro atoms. The van der Waals surface area contributed by atoms with E-state index in [9.17, 15) is 0 Å². The lowest BCUT2D eigenvalue weighted by molar-refractivity contribution is 0.418. The zero-order valence-electron chi connectivity index (χ0n) is 7.72. The third kappa shape index (κ3) is 2.71. The van der Waals surface area contributed by atoms with Gasteiger partial charge in [-0.1, -0.05) is 13.0 Å². The van der Waals surface area contributed by atoms with Crippen molar-refractivity contribution in [1.29, 1.82) is 0 Å². The predicted octanol–water partition coefficient (Wildman–Crippen LogP) is 3.27. The topological polar surface area (TPSA) is 25.2 Å². The first kappa shape index (κ1) is 10.5. The molecule has 0 amide bonds. The first-order valence-corrected chi connectivity index (χ1v) is 5.16. The van der Waals surface area contributed by atoms with Gasteiger partial charge in [-0.2, -0.15) is 0 Å². The number of hydrogen-bond acceptors (Lipinski definition) is 2. The monoisotopic (exact) mass is 243 g/mol. The molecule has 0 bridgehead atoms. The van der Waals surface area contributed by atoms with E-state index in [2.05, 4.69) is 34.7 Å². The van der Waals surface area contributed by atoms with E-state index in [1.807, 2.05) is 12.1 Å². The average Bonchev–Trinajstić information content (AvgIpc) is 2.51. The maximum absolute atomic E-state index is 5.37. The lowest BCUT2D eigenvalue weighted by atomic mass is 10.1. The SMILES string of the molecule is C=CCC(NCC)c1occc1Br. The summed E-state index contributed by atoms with van der Waals surface area (Å²) in [4.78, 5) is 0. The van der Waals surface area contributed by atoms with Crippen LogP contribution >= 0.6 is 15.9 Å². The van der Waals surface area contributed by atoms with Crippen molar-refractivity contribution < 1.29 is 4.42 Å². The van der Waals surface area contributed by atoms with Crippen LogP contribution < -0.4 is 5.32 Å². The summed E-state index contributed by atoms with van der Waals surface area (Å²) in [7, 11) is 0. The summed E-state index contributed by atoms with van der Waals surface area (Å²) in [6.45, 7) is 6.72. The van der Waals surface area contributed by atoms with Gasteiger partial charge in [-0.3, -0.25) is 0 Å². The molecule has 2 nitrogen and oxygen atoms in total. The minimum atomic E-state index is 0.229. The molecular formula is C10H14BrNO. The molecule has 1 heterocycles. The Kier molecular flexibility index (Phi) is 4.25. The molecule has 72 valence electrons. The number of rotatable bonds is 5. The molecule has 1 aromatic rings. The van der Waals surface area contributed by atoms with E-state index in [0.29, 0.717) is 0 Å². The molecule has 0 aromatic carbocycles. The fourth-order valence-corrected chi connectivity index (χ4v) is 1.73. The summed E-state index contributed by atoms with van der Waals surface area (Å²) in [5, 5.41) is 3.33. The van der Waals surface area contributed by atoms with Gasteiger partial charge in [-0.05, 0) is 35.0 Å². The molecule has 13 heavy (non-hydrogen) atoms.